The number of amides is 4. The SMILES string of the molecule is COCc1ccccc1CNC(=O)[C@@H]1CC(=O)N[C@H](CC(C)C)C(=O)N(C)[C@@H](CC(C)C)COc2ccccc2C(=O)N1. The molecule has 2 aromatic carbocycles. The number of likely N-dealkylation sites (N-methyl/N-ethyl adjacent to an activating group) is 1. The highest BCUT2D eigenvalue weighted by atomic mass is 16.5. The van der Waals surface area contributed by atoms with Crippen molar-refractivity contribution in [2.45, 2.75) is 78.2 Å². The molecular formula is C33H46N4O6. The average Bonchev–Trinajstić information content (AvgIpc) is 2.96. The third-order valence-corrected chi connectivity index (χ3v) is 7.42. The maximum atomic E-state index is 13.7. The number of para-hydroxylation sites is 1. The molecule has 234 valence electrons. The van der Waals surface area contributed by atoms with E-state index in [2.05, 4.69) is 29.8 Å². The predicted molar refractivity (Wildman–Crippen MR) is 164 cm³/mol. The van der Waals surface area contributed by atoms with Crippen LogP contribution in [0.3, 0.4) is 0 Å². The van der Waals surface area contributed by atoms with Crippen molar-refractivity contribution in [3.63, 3.8) is 0 Å². The van der Waals surface area contributed by atoms with Crippen molar-refractivity contribution in [2.24, 2.45) is 11.8 Å². The summed E-state index contributed by atoms with van der Waals surface area (Å²) in [5.74, 6) is -1.05. The lowest BCUT2D eigenvalue weighted by molar-refractivity contribution is -0.138. The maximum absolute atomic E-state index is 13.7. The second kappa shape index (κ2) is 16.1. The number of carbonyl (C=O) groups is 4. The molecule has 0 bridgehead atoms. The van der Waals surface area contributed by atoms with Gasteiger partial charge in [-0.15, -0.1) is 0 Å². The summed E-state index contributed by atoms with van der Waals surface area (Å²) in [5.41, 5.74) is 2.01. The van der Waals surface area contributed by atoms with E-state index >= 15 is 0 Å². The molecule has 4 amide bonds. The van der Waals surface area contributed by atoms with Gasteiger partial charge in [0.25, 0.3) is 5.91 Å². The first-order valence-corrected chi connectivity index (χ1v) is 14.9. The minimum Gasteiger partial charge on any atom is -0.491 e. The Balaban J connectivity index is 1.94. The van der Waals surface area contributed by atoms with Gasteiger partial charge < -0.3 is 30.3 Å². The van der Waals surface area contributed by atoms with E-state index in [0.717, 1.165) is 11.1 Å². The molecule has 3 rings (SSSR count). The third-order valence-electron chi connectivity index (χ3n) is 7.42. The lowest BCUT2D eigenvalue weighted by Gasteiger charge is -2.33. The summed E-state index contributed by atoms with van der Waals surface area (Å²) >= 11 is 0. The van der Waals surface area contributed by atoms with E-state index in [-0.39, 0.29) is 48.9 Å². The maximum Gasteiger partial charge on any atom is 0.255 e. The Labute approximate surface area is 254 Å². The fraction of sp³-hybridized carbons (Fsp3) is 0.515. The van der Waals surface area contributed by atoms with Crippen LogP contribution in [-0.4, -0.2) is 67.4 Å². The molecule has 0 aromatic heterocycles. The van der Waals surface area contributed by atoms with Crippen LogP contribution >= 0.6 is 0 Å². The molecule has 1 aliphatic rings. The number of ether oxygens (including phenoxy) is 2. The largest absolute Gasteiger partial charge is 0.491 e. The summed E-state index contributed by atoms with van der Waals surface area (Å²) < 4.78 is 11.4. The van der Waals surface area contributed by atoms with Gasteiger partial charge in [0.1, 0.15) is 24.4 Å². The Hall–Kier alpha value is -3.92. The van der Waals surface area contributed by atoms with Crippen molar-refractivity contribution in [1.82, 2.24) is 20.9 Å². The van der Waals surface area contributed by atoms with E-state index in [0.29, 0.717) is 25.2 Å². The summed E-state index contributed by atoms with van der Waals surface area (Å²) in [5, 5.41) is 8.45. The minimum atomic E-state index is -1.20. The Morgan fingerprint density at radius 2 is 1.63 bits per heavy atom. The van der Waals surface area contributed by atoms with Crippen molar-refractivity contribution in [2.75, 3.05) is 20.8 Å². The summed E-state index contributed by atoms with van der Waals surface area (Å²) in [6.07, 6.45) is 0.753. The summed E-state index contributed by atoms with van der Waals surface area (Å²) in [4.78, 5) is 55.7. The Kier molecular flexibility index (Phi) is 12.5. The van der Waals surface area contributed by atoms with E-state index in [4.69, 9.17) is 9.47 Å². The number of carbonyl (C=O) groups excluding carboxylic acids is 4. The van der Waals surface area contributed by atoms with Gasteiger partial charge in [0.05, 0.1) is 24.6 Å². The van der Waals surface area contributed by atoms with E-state index in [1.165, 1.54) is 0 Å². The molecule has 1 aliphatic heterocycles. The Bertz CT molecular complexity index is 1260. The normalized spacial score (nSPS) is 20.1. The smallest absolute Gasteiger partial charge is 0.255 e. The van der Waals surface area contributed by atoms with E-state index < -0.39 is 29.8 Å². The number of fused-ring (bicyclic) bond motifs is 1. The number of hydrogen-bond donors (Lipinski definition) is 3. The van der Waals surface area contributed by atoms with Crippen LogP contribution in [0.4, 0.5) is 0 Å². The first-order valence-electron chi connectivity index (χ1n) is 14.9. The van der Waals surface area contributed by atoms with Gasteiger partial charge in [0.15, 0.2) is 0 Å². The summed E-state index contributed by atoms with van der Waals surface area (Å²) in [6, 6.07) is 12.0. The Morgan fingerprint density at radius 3 is 2.30 bits per heavy atom. The van der Waals surface area contributed by atoms with Gasteiger partial charge in [0, 0.05) is 20.7 Å². The molecule has 10 nitrogen and oxygen atoms in total. The van der Waals surface area contributed by atoms with Crippen LogP contribution in [0.15, 0.2) is 48.5 Å². The number of nitrogens with one attached hydrogen (secondary N) is 3. The molecule has 0 saturated heterocycles. The van der Waals surface area contributed by atoms with Crippen LogP contribution in [0.25, 0.3) is 0 Å². The molecule has 0 spiro atoms. The average molecular weight is 595 g/mol. The fourth-order valence-corrected chi connectivity index (χ4v) is 5.18. The Morgan fingerprint density at radius 1 is 0.977 bits per heavy atom. The number of hydrogen-bond acceptors (Lipinski definition) is 6. The van der Waals surface area contributed by atoms with Crippen LogP contribution in [0, 0.1) is 11.8 Å². The zero-order valence-electron chi connectivity index (χ0n) is 26.1. The lowest BCUT2D eigenvalue weighted by Crippen LogP contribution is -2.54. The fourth-order valence-electron chi connectivity index (χ4n) is 5.18. The molecule has 3 N–H and O–H groups in total. The second-order valence-corrected chi connectivity index (χ2v) is 11.9. The second-order valence-electron chi connectivity index (χ2n) is 11.9. The number of benzene rings is 2. The molecule has 2 aromatic rings. The van der Waals surface area contributed by atoms with Gasteiger partial charge in [-0.05, 0) is 47.9 Å². The van der Waals surface area contributed by atoms with Crippen molar-refractivity contribution in [1.29, 1.82) is 0 Å². The molecule has 1 heterocycles. The molecule has 43 heavy (non-hydrogen) atoms. The predicted octanol–water partition coefficient (Wildman–Crippen LogP) is 3.43. The standard InChI is InChI=1S/C33H46N4O6/c1-21(2)15-25-20-43-29-14-10-9-13-26(29)31(39)36-27(17-30(38)35-28(16-22(3)4)33(41)37(25)5)32(40)34-18-23-11-7-8-12-24(23)19-42-6/h7-14,21-22,25,27-28H,15-20H2,1-6H3,(H,34,40)(H,35,38)(H,36,39)/t25-,27-,28+/m0/s1. The molecule has 0 aliphatic carbocycles. The minimum absolute atomic E-state index is 0.124. The van der Waals surface area contributed by atoms with Crippen LogP contribution < -0.4 is 20.7 Å². The van der Waals surface area contributed by atoms with Gasteiger partial charge in [0.2, 0.25) is 17.7 Å². The van der Waals surface area contributed by atoms with Crippen LogP contribution in [0.5, 0.6) is 5.75 Å². The van der Waals surface area contributed by atoms with Gasteiger partial charge in [-0.1, -0.05) is 64.1 Å². The molecular weight excluding hydrogens is 548 g/mol. The molecule has 0 radical (unpaired) electrons. The zero-order valence-corrected chi connectivity index (χ0v) is 26.1. The highest BCUT2D eigenvalue weighted by Crippen LogP contribution is 2.22. The highest BCUT2D eigenvalue weighted by molar-refractivity contribution is 6.01. The molecule has 0 unspecified atom stereocenters. The van der Waals surface area contributed by atoms with Crippen molar-refractivity contribution >= 4 is 23.6 Å². The zero-order chi connectivity index (χ0) is 31.5. The summed E-state index contributed by atoms with van der Waals surface area (Å²) in [6.45, 7) is 8.83. The van der Waals surface area contributed by atoms with E-state index in [1.807, 2.05) is 38.1 Å². The van der Waals surface area contributed by atoms with E-state index in [9.17, 15) is 19.2 Å². The van der Waals surface area contributed by atoms with Crippen molar-refractivity contribution in [3.8, 4) is 5.75 Å². The van der Waals surface area contributed by atoms with Gasteiger partial charge in [-0.3, -0.25) is 19.2 Å². The number of methoxy groups -OCH3 is 1. The van der Waals surface area contributed by atoms with Gasteiger partial charge in [-0.25, -0.2) is 0 Å². The quantitative estimate of drug-likeness (QED) is 0.409. The molecule has 10 heteroatoms. The topological polar surface area (TPSA) is 126 Å². The van der Waals surface area contributed by atoms with Crippen molar-refractivity contribution < 1.29 is 28.7 Å². The number of nitrogens with zero attached hydrogens (tertiary/aromatic N) is 1. The van der Waals surface area contributed by atoms with Gasteiger partial charge >= 0.3 is 0 Å². The van der Waals surface area contributed by atoms with Crippen LogP contribution in [0.1, 0.15) is 68.4 Å². The molecule has 3 atom stereocenters. The summed E-state index contributed by atoms with van der Waals surface area (Å²) in [7, 11) is 3.32. The van der Waals surface area contributed by atoms with Gasteiger partial charge in [-0.2, -0.15) is 0 Å². The van der Waals surface area contributed by atoms with Crippen LogP contribution in [-0.2, 0) is 32.3 Å². The van der Waals surface area contributed by atoms with Crippen LogP contribution in [0.2, 0.25) is 0 Å². The monoisotopic (exact) mass is 594 g/mol. The molecule has 0 fully saturated rings. The number of rotatable bonds is 9. The third kappa shape index (κ3) is 9.81. The highest BCUT2D eigenvalue weighted by Gasteiger charge is 2.33. The first-order chi connectivity index (χ1) is 20.5. The molecule has 0 saturated carbocycles. The van der Waals surface area contributed by atoms with Crippen molar-refractivity contribution in [3.05, 3.63) is 65.2 Å². The van der Waals surface area contributed by atoms with E-state index in [1.54, 1.807) is 43.3 Å². The first kappa shape index (κ1) is 33.6. The lowest BCUT2D eigenvalue weighted by atomic mass is 9.99.